The number of hydrogen-bond acceptors (Lipinski definition) is 0. The van der Waals surface area contributed by atoms with Crippen molar-refractivity contribution in [3.05, 3.63) is 152 Å². The molecule has 2 heteroatoms. The van der Waals surface area contributed by atoms with Gasteiger partial charge in [0.05, 0.1) is 22.1 Å². The summed E-state index contributed by atoms with van der Waals surface area (Å²) in [5.41, 5.74) is 9.19. The van der Waals surface area contributed by atoms with Crippen LogP contribution in [0, 0.1) is 0 Å². The maximum absolute atomic E-state index is 4.40. The molecule has 2 heterocycles. The van der Waals surface area contributed by atoms with Gasteiger partial charge in [0.15, 0.2) is 0 Å². The second kappa shape index (κ2) is 9.34. The fourth-order valence-electron chi connectivity index (χ4n) is 5.81. The average Bonchev–Trinajstić information content (AvgIpc) is 3.51. The minimum atomic E-state index is 0.976. The lowest BCUT2D eigenvalue weighted by molar-refractivity contribution is 1.18. The van der Waals surface area contributed by atoms with E-state index in [1.54, 1.807) is 0 Å². The number of allylic oxidation sites excluding steroid dienone is 5. The van der Waals surface area contributed by atoms with Gasteiger partial charge < -0.3 is 9.13 Å². The number of benzene rings is 5. The zero-order valence-corrected chi connectivity index (χ0v) is 21.9. The molecule has 5 aromatic carbocycles. The molecule has 0 aliphatic rings. The average molecular weight is 501 g/mol. The summed E-state index contributed by atoms with van der Waals surface area (Å²) in [5, 5.41) is 5.07. The van der Waals surface area contributed by atoms with Crippen molar-refractivity contribution in [2.24, 2.45) is 0 Å². The van der Waals surface area contributed by atoms with Gasteiger partial charge in [-0.1, -0.05) is 104 Å². The zero-order valence-electron chi connectivity index (χ0n) is 21.9. The number of para-hydroxylation sites is 4. The van der Waals surface area contributed by atoms with Gasteiger partial charge in [-0.15, -0.1) is 0 Å². The lowest BCUT2D eigenvalue weighted by atomic mass is 10.1. The highest BCUT2D eigenvalue weighted by molar-refractivity contribution is 6.11. The first-order valence-corrected chi connectivity index (χ1v) is 13.4. The van der Waals surface area contributed by atoms with Crippen molar-refractivity contribution in [2.75, 3.05) is 0 Å². The smallest absolute Gasteiger partial charge is 0.0541 e. The summed E-state index contributed by atoms with van der Waals surface area (Å²) in [6.45, 7) is 6.49. The van der Waals surface area contributed by atoms with Crippen LogP contribution in [0.2, 0.25) is 0 Å². The Bertz CT molecular complexity index is 1970. The van der Waals surface area contributed by atoms with E-state index >= 15 is 0 Å². The molecule has 0 aliphatic carbocycles. The zero-order chi connectivity index (χ0) is 26.3. The molecule has 0 fully saturated rings. The molecule has 2 aromatic heterocycles. The summed E-state index contributed by atoms with van der Waals surface area (Å²) in [5.74, 6) is 0. The van der Waals surface area contributed by atoms with E-state index in [0.717, 1.165) is 22.5 Å². The van der Waals surface area contributed by atoms with Crippen LogP contribution in [0.4, 0.5) is 0 Å². The van der Waals surface area contributed by atoms with Crippen molar-refractivity contribution in [3.63, 3.8) is 0 Å². The van der Waals surface area contributed by atoms with Crippen LogP contribution < -0.4 is 0 Å². The van der Waals surface area contributed by atoms with Gasteiger partial charge in [-0.05, 0) is 60.5 Å². The third-order valence-corrected chi connectivity index (χ3v) is 7.67. The molecule has 186 valence electrons. The number of fused-ring (bicyclic) bond motifs is 6. The molecule has 0 spiro atoms. The minimum absolute atomic E-state index is 0.976. The Morgan fingerprint density at radius 2 is 0.974 bits per heavy atom. The van der Waals surface area contributed by atoms with Crippen LogP contribution in [-0.4, -0.2) is 9.13 Å². The fourth-order valence-corrected chi connectivity index (χ4v) is 5.81. The fraction of sp³-hybridized carbons (Fsp3) is 0.0270. The van der Waals surface area contributed by atoms with Crippen molar-refractivity contribution in [1.29, 1.82) is 0 Å². The molecule has 0 aliphatic heterocycles. The predicted octanol–water partition coefficient (Wildman–Crippen LogP) is 10.0. The van der Waals surface area contributed by atoms with E-state index in [2.05, 4.69) is 162 Å². The first-order chi connectivity index (χ1) is 19.2. The molecule has 7 rings (SSSR count). The molecule has 39 heavy (non-hydrogen) atoms. The number of nitrogens with zero attached hydrogens (tertiary/aromatic N) is 2. The molecule has 0 saturated heterocycles. The lowest BCUT2D eigenvalue weighted by Gasteiger charge is -2.10. The van der Waals surface area contributed by atoms with Gasteiger partial charge >= 0.3 is 0 Å². The Kier molecular flexibility index (Phi) is 5.53. The van der Waals surface area contributed by atoms with Gasteiger partial charge in [0.25, 0.3) is 0 Å². The van der Waals surface area contributed by atoms with Crippen molar-refractivity contribution in [1.82, 2.24) is 9.13 Å². The molecule has 0 bridgehead atoms. The number of rotatable bonds is 5. The van der Waals surface area contributed by atoms with Crippen molar-refractivity contribution in [3.8, 4) is 5.69 Å². The van der Waals surface area contributed by atoms with Crippen LogP contribution in [0.5, 0.6) is 0 Å². The van der Waals surface area contributed by atoms with Gasteiger partial charge in [-0.2, -0.15) is 0 Å². The summed E-state index contributed by atoms with van der Waals surface area (Å²) in [6.07, 6.45) is 6.45. The van der Waals surface area contributed by atoms with Crippen molar-refractivity contribution in [2.45, 2.75) is 6.92 Å². The third kappa shape index (κ3) is 3.72. The van der Waals surface area contributed by atoms with Crippen LogP contribution in [-0.2, 0) is 0 Å². The normalized spacial score (nSPS) is 12.4. The summed E-state index contributed by atoms with van der Waals surface area (Å²) >= 11 is 0. The highest BCUT2D eigenvalue weighted by atomic mass is 15.0. The van der Waals surface area contributed by atoms with E-state index in [4.69, 9.17) is 0 Å². The van der Waals surface area contributed by atoms with Crippen LogP contribution in [0.3, 0.4) is 0 Å². The highest BCUT2D eigenvalue weighted by Crippen LogP contribution is 2.33. The Morgan fingerprint density at radius 1 is 0.538 bits per heavy atom. The van der Waals surface area contributed by atoms with Gasteiger partial charge in [0, 0.05) is 32.9 Å². The first kappa shape index (κ1) is 23.1. The maximum atomic E-state index is 4.40. The van der Waals surface area contributed by atoms with Crippen LogP contribution in [0.25, 0.3) is 60.6 Å². The van der Waals surface area contributed by atoms with E-state index < -0.39 is 0 Å². The van der Waals surface area contributed by atoms with E-state index in [1.165, 1.54) is 43.6 Å². The lowest BCUT2D eigenvalue weighted by Crippen LogP contribution is -1.95. The predicted molar refractivity (Wildman–Crippen MR) is 168 cm³/mol. The van der Waals surface area contributed by atoms with Crippen molar-refractivity contribution < 1.29 is 0 Å². The quantitative estimate of drug-likeness (QED) is 0.208. The standard InChI is InChI=1S/C37H28N2/c1-3-28(38-34-16-8-4-12-30(34)31-13-5-9-17-35(31)38)23-20-26(2)27-21-24-29(25-22-27)39-36-18-10-6-14-32(36)33-15-7-11-19-37(33)39/h3-25H,2H2,1H3/b23-20-,28-3+. The van der Waals surface area contributed by atoms with Crippen molar-refractivity contribution >= 4 is 54.9 Å². The van der Waals surface area contributed by atoms with Crippen LogP contribution in [0.1, 0.15) is 12.5 Å². The Labute approximate surface area is 228 Å². The van der Waals surface area contributed by atoms with E-state index in [-0.39, 0.29) is 0 Å². The second-order valence-electron chi connectivity index (χ2n) is 9.86. The molecule has 0 atom stereocenters. The minimum Gasteiger partial charge on any atom is -0.310 e. The number of hydrogen-bond donors (Lipinski definition) is 0. The summed E-state index contributed by atoms with van der Waals surface area (Å²) < 4.78 is 4.67. The summed E-state index contributed by atoms with van der Waals surface area (Å²) in [4.78, 5) is 0. The molecule has 0 radical (unpaired) electrons. The van der Waals surface area contributed by atoms with Gasteiger partial charge in [0.1, 0.15) is 0 Å². The summed E-state index contributed by atoms with van der Waals surface area (Å²) in [7, 11) is 0. The largest absolute Gasteiger partial charge is 0.310 e. The second-order valence-corrected chi connectivity index (χ2v) is 9.86. The Balaban J connectivity index is 1.23. The van der Waals surface area contributed by atoms with Crippen LogP contribution in [0.15, 0.2) is 146 Å². The molecule has 0 amide bonds. The summed E-state index contributed by atoms with van der Waals surface area (Å²) in [6, 6.07) is 43.1. The Morgan fingerprint density at radius 3 is 1.46 bits per heavy atom. The van der Waals surface area contributed by atoms with Crippen LogP contribution >= 0.6 is 0 Å². The molecular weight excluding hydrogens is 472 g/mol. The van der Waals surface area contributed by atoms with E-state index in [1.807, 2.05) is 0 Å². The van der Waals surface area contributed by atoms with E-state index in [9.17, 15) is 0 Å². The van der Waals surface area contributed by atoms with Gasteiger partial charge in [-0.25, -0.2) is 0 Å². The number of aromatic nitrogens is 2. The van der Waals surface area contributed by atoms with E-state index in [0.29, 0.717) is 0 Å². The topological polar surface area (TPSA) is 9.86 Å². The maximum Gasteiger partial charge on any atom is 0.0541 e. The SMILES string of the molecule is C=C(/C=C\C(=C/C)n1c2ccccc2c2ccccc21)c1ccc(-n2c3ccccc3c3ccccc32)cc1. The van der Waals surface area contributed by atoms with Gasteiger partial charge in [0.2, 0.25) is 0 Å². The monoisotopic (exact) mass is 500 g/mol. The first-order valence-electron chi connectivity index (χ1n) is 13.4. The molecule has 0 saturated carbocycles. The molecule has 0 unspecified atom stereocenters. The molecular formula is C37H28N2. The Hall–Kier alpha value is -5.08. The highest BCUT2D eigenvalue weighted by Gasteiger charge is 2.13. The third-order valence-electron chi connectivity index (χ3n) is 7.67. The molecule has 7 aromatic rings. The molecule has 0 N–H and O–H groups in total. The van der Waals surface area contributed by atoms with Gasteiger partial charge in [-0.3, -0.25) is 0 Å². The molecule has 2 nitrogen and oxygen atoms in total.